The summed E-state index contributed by atoms with van der Waals surface area (Å²) >= 11 is 1.72. The van der Waals surface area contributed by atoms with Crippen LogP contribution in [0, 0.1) is 0 Å². The van der Waals surface area contributed by atoms with E-state index in [1.807, 2.05) is 18.2 Å². The van der Waals surface area contributed by atoms with E-state index in [-0.39, 0.29) is 5.78 Å². The van der Waals surface area contributed by atoms with Crippen LogP contribution in [0.15, 0.2) is 23.1 Å². The van der Waals surface area contributed by atoms with Gasteiger partial charge in [-0.1, -0.05) is 12.1 Å². The molecule has 2 rings (SSSR count). The fourth-order valence-corrected chi connectivity index (χ4v) is 2.71. The van der Waals surface area contributed by atoms with Crippen LogP contribution in [0.1, 0.15) is 23.2 Å². The van der Waals surface area contributed by atoms with Gasteiger partial charge in [0.05, 0.1) is 12.0 Å². The van der Waals surface area contributed by atoms with Crippen LogP contribution in [-0.4, -0.2) is 18.6 Å². The molecule has 74 valence electrons. The number of carbonyl (C=O) groups is 1. The Morgan fingerprint density at radius 3 is 3.07 bits per heavy atom. The molecule has 0 bridgehead atoms. The standard InChI is InChI=1S/C11H12O2S/c1-13-10-6-2-4-8-9(12)5-3-7-14-11(8)10/h2,4,6H,3,5,7H2,1H3. The molecule has 14 heavy (non-hydrogen) atoms. The number of fused-ring (bicyclic) bond motifs is 1. The van der Waals surface area contributed by atoms with Crippen molar-refractivity contribution in [2.45, 2.75) is 17.7 Å². The lowest BCUT2D eigenvalue weighted by molar-refractivity contribution is 0.0979. The molecular weight excluding hydrogens is 196 g/mol. The van der Waals surface area contributed by atoms with E-state index in [2.05, 4.69) is 0 Å². The third-order valence-corrected chi connectivity index (χ3v) is 3.50. The highest BCUT2D eigenvalue weighted by molar-refractivity contribution is 7.99. The van der Waals surface area contributed by atoms with Crippen molar-refractivity contribution in [3.63, 3.8) is 0 Å². The molecule has 0 aliphatic carbocycles. The second kappa shape index (κ2) is 4.05. The smallest absolute Gasteiger partial charge is 0.164 e. The largest absolute Gasteiger partial charge is 0.496 e. The summed E-state index contributed by atoms with van der Waals surface area (Å²) in [5.41, 5.74) is 0.826. The third-order valence-electron chi connectivity index (χ3n) is 2.29. The summed E-state index contributed by atoms with van der Waals surface area (Å²) in [7, 11) is 1.64. The highest BCUT2D eigenvalue weighted by Crippen LogP contribution is 2.36. The normalized spacial score (nSPS) is 15.9. The molecule has 0 aromatic heterocycles. The lowest BCUT2D eigenvalue weighted by Gasteiger charge is -2.08. The fourth-order valence-electron chi connectivity index (χ4n) is 1.59. The zero-order valence-electron chi connectivity index (χ0n) is 8.08. The Kier molecular flexibility index (Phi) is 2.77. The minimum absolute atomic E-state index is 0.240. The summed E-state index contributed by atoms with van der Waals surface area (Å²) in [5, 5.41) is 0. The molecule has 1 aliphatic rings. The Hall–Kier alpha value is -0.960. The summed E-state index contributed by atoms with van der Waals surface area (Å²) < 4.78 is 5.24. The van der Waals surface area contributed by atoms with Gasteiger partial charge in [-0.3, -0.25) is 4.79 Å². The summed E-state index contributed by atoms with van der Waals surface area (Å²) in [5.74, 6) is 2.06. The van der Waals surface area contributed by atoms with E-state index in [1.165, 1.54) is 0 Å². The highest BCUT2D eigenvalue weighted by atomic mass is 32.2. The van der Waals surface area contributed by atoms with Gasteiger partial charge in [-0.2, -0.15) is 0 Å². The number of rotatable bonds is 1. The Labute approximate surface area is 87.6 Å². The van der Waals surface area contributed by atoms with Gasteiger partial charge in [0.1, 0.15) is 5.75 Å². The monoisotopic (exact) mass is 208 g/mol. The van der Waals surface area contributed by atoms with E-state index in [1.54, 1.807) is 18.9 Å². The van der Waals surface area contributed by atoms with E-state index in [9.17, 15) is 4.79 Å². The third kappa shape index (κ3) is 1.64. The van der Waals surface area contributed by atoms with Crippen LogP contribution in [0.4, 0.5) is 0 Å². The first-order chi connectivity index (χ1) is 6.83. The zero-order valence-corrected chi connectivity index (χ0v) is 8.89. The van der Waals surface area contributed by atoms with E-state index in [4.69, 9.17) is 4.74 Å². The molecule has 0 N–H and O–H groups in total. The number of ether oxygens (including phenoxy) is 1. The number of carbonyl (C=O) groups excluding carboxylic acids is 1. The van der Waals surface area contributed by atoms with Crippen LogP contribution in [0.5, 0.6) is 5.75 Å². The number of benzene rings is 1. The van der Waals surface area contributed by atoms with Crippen molar-refractivity contribution in [3.05, 3.63) is 23.8 Å². The van der Waals surface area contributed by atoms with Crippen LogP contribution >= 0.6 is 11.8 Å². The average molecular weight is 208 g/mol. The van der Waals surface area contributed by atoms with Crippen molar-refractivity contribution < 1.29 is 9.53 Å². The van der Waals surface area contributed by atoms with Gasteiger partial charge in [0.2, 0.25) is 0 Å². The van der Waals surface area contributed by atoms with Crippen LogP contribution in [-0.2, 0) is 0 Å². The predicted molar refractivity (Wildman–Crippen MR) is 57.3 cm³/mol. The van der Waals surface area contributed by atoms with E-state index < -0.39 is 0 Å². The molecule has 0 amide bonds. The Bertz CT molecular complexity index is 360. The van der Waals surface area contributed by atoms with Crippen LogP contribution in [0.3, 0.4) is 0 Å². The van der Waals surface area contributed by atoms with Crippen molar-refractivity contribution in [2.75, 3.05) is 12.9 Å². The van der Waals surface area contributed by atoms with Gasteiger partial charge in [-0.25, -0.2) is 0 Å². The summed E-state index contributed by atoms with van der Waals surface area (Å²) in [6.07, 6.45) is 1.62. The SMILES string of the molecule is COc1cccc2c1SCCCC2=O. The molecule has 1 aromatic rings. The van der Waals surface area contributed by atoms with Gasteiger partial charge in [0, 0.05) is 12.0 Å². The van der Waals surface area contributed by atoms with Crippen molar-refractivity contribution in [2.24, 2.45) is 0 Å². The topological polar surface area (TPSA) is 26.3 Å². The Balaban J connectivity index is 2.51. The van der Waals surface area contributed by atoms with E-state index in [0.717, 1.165) is 28.4 Å². The second-order valence-electron chi connectivity index (χ2n) is 3.21. The summed E-state index contributed by atoms with van der Waals surface area (Å²) in [4.78, 5) is 12.7. The molecule has 0 atom stereocenters. The number of ketones is 1. The number of hydrogen-bond donors (Lipinski definition) is 0. The lowest BCUT2D eigenvalue weighted by Crippen LogP contribution is -1.99. The molecule has 1 heterocycles. The van der Waals surface area contributed by atoms with Gasteiger partial charge in [-0.15, -0.1) is 11.8 Å². The molecule has 1 aromatic carbocycles. The van der Waals surface area contributed by atoms with Crippen LogP contribution < -0.4 is 4.74 Å². The van der Waals surface area contributed by atoms with Crippen molar-refractivity contribution >= 4 is 17.5 Å². The molecule has 2 nitrogen and oxygen atoms in total. The van der Waals surface area contributed by atoms with E-state index in [0.29, 0.717) is 6.42 Å². The summed E-state index contributed by atoms with van der Waals surface area (Å²) in [6.45, 7) is 0. The molecule has 0 fully saturated rings. The molecule has 0 radical (unpaired) electrons. The molecule has 3 heteroatoms. The molecular formula is C11H12O2S. The predicted octanol–water partition coefficient (Wildman–Crippen LogP) is 2.76. The maximum atomic E-state index is 11.7. The fraction of sp³-hybridized carbons (Fsp3) is 0.364. The minimum atomic E-state index is 0.240. The van der Waals surface area contributed by atoms with E-state index >= 15 is 0 Å². The molecule has 0 unspecified atom stereocenters. The van der Waals surface area contributed by atoms with Gasteiger partial charge in [0.25, 0.3) is 0 Å². The van der Waals surface area contributed by atoms with Crippen LogP contribution in [0.25, 0.3) is 0 Å². The Morgan fingerprint density at radius 1 is 1.43 bits per heavy atom. The second-order valence-corrected chi connectivity index (χ2v) is 4.32. The number of methoxy groups -OCH3 is 1. The first-order valence-electron chi connectivity index (χ1n) is 4.66. The van der Waals surface area contributed by atoms with Gasteiger partial charge < -0.3 is 4.74 Å². The quantitative estimate of drug-likeness (QED) is 0.710. The van der Waals surface area contributed by atoms with Gasteiger partial charge >= 0.3 is 0 Å². The molecule has 0 saturated carbocycles. The highest BCUT2D eigenvalue weighted by Gasteiger charge is 2.18. The molecule has 0 spiro atoms. The number of Topliss-reactive ketones (excluding diaryl/α,β-unsaturated/α-hetero) is 1. The Morgan fingerprint density at radius 2 is 2.29 bits per heavy atom. The van der Waals surface area contributed by atoms with Crippen molar-refractivity contribution in [3.8, 4) is 5.75 Å². The van der Waals surface area contributed by atoms with Gasteiger partial charge in [0.15, 0.2) is 5.78 Å². The maximum absolute atomic E-state index is 11.7. The maximum Gasteiger partial charge on any atom is 0.164 e. The number of thioether (sulfide) groups is 1. The summed E-state index contributed by atoms with van der Waals surface area (Å²) in [6, 6.07) is 5.67. The first-order valence-corrected chi connectivity index (χ1v) is 5.64. The van der Waals surface area contributed by atoms with Crippen LogP contribution in [0.2, 0.25) is 0 Å². The van der Waals surface area contributed by atoms with Crippen molar-refractivity contribution in [1.29, 1.82) is 0 Å². The van der Waals surface area contributed by atoms with Crippen molar-refractivity contribution in [1.82, 2.24) is 0 Å². The van der Waals surface area contributed by atoms with Gasteiger partial charge in [-0.05, 0) is 18.2 Å². The molecule has 1 aliphatic heterocycles. The lowest BCUT2D eigenvalue weighted by atomic mass is 10.1. The number of hydrogen-bond acceptors (Lipinski definition) is 3. The minimum Gasteiger partial charge on any atom is -0.496 e. The average Bonchev–Trinajstić information content (AvgIpc) is 2.41. The molecule has 0 saturated heterocycles. The first kappa shape index (κ1) is 9.59. The zero-order chi connectivity index (χ0) is 9.97.